The average Bonchev–Trinajstić information content (AvgIpc) is 2.52. The third-order valence-electron chi connectivity index (χ3n) is 4.33. The van der Waals surface area contributed by atoms with Crippen molar-refractivity contribution in [1.82, 2.24) is 5.32 Å². The summed E-state index contributed by atoms with van der Waals surface area (Å²) >= 11 is 0. The fourth-order valence-corrected chi connectivity index (χ4v) is 2.78. The van der Waals surface area contributed by atoms with Crippen LogP contribution in [-0.2, 0) is 4.79 Å². The summed E-state index contributed by atoms with van der Waals surface area (Å²) in [5.41, 5.74) is 1.78. The van der Waals surface area contributed by atoms with Crippen LogP contribution in [0.25, 0.3) is 0 Å². The summed E-state index contributed by atoms with van der Waals surface area (Å²) in [6.45, 7) is -2.85. The lowest BCUT2D eigenvalue weighted by molar-refractivity contribution is -0.127. The monoisotopic (exact) mass is 331 g/mol. The number of rotatable bonds is 6. The van der Waals surface area contributed by atoms with Gasteiger partial charge in [-0.3, -0.25) is 4.79 Å². The van der Waals surface area contributed by atoms with Crippen molar-refractivity contribution in [3.63, 3.8) is 0 Å². The van der Waals surface area contributed by atoms with E-state index < -0.39 is 6.61 Å². The molecule has 0 bridgehead atoms. The smallest absolute Gasteiger partial charge is 0.387 e. The molecule has 0 saturated heterocycles. The van der Waals surface area contributed by atoms with Crippen LogP contribution in [0.4, 0.5) is 8.78 Å². The fraction of sp³-hybridized carbons (Fsp3) is 0.316. The molecule has 1 aliphatic carbocycles. The van der Waals surface area contributed by atoms with Gasteiger partial charge in [-0.15, -0.1) is 0 Å². The maximum Gasteiger partial charge on any atom is 0.387 e. The normalized spacial score (nSPS) is 15.6. The second kappa shape index (κ2) is 7.43. The molecule has 0 heterocycles. The molecule has 0 unspecified atom stereocenters. The number of hydrogen-bond acceptors (Lipinski definition) is 2. The van der Waals surface area contributed by atoms with Crippen molar-refractivity contribution in [2.45, 2.75) is 31.9 Å². The number of carbonyl (C=O) groups is 1. The maximum absolute atomic E-state index is 12.4. The Balaban J connectivity index is 1.82. The number of benzene rings is 2. The lowest BCUT2D eigenvalue weighted by Crippen LogP contribution is -2.37. The lowest BCUT2D eigenvalue weighted by atomic mass is 9.84. The van der Waals surface area contributed by atoms with E-state index in [1.165, 1.54) is 12.1 Å². The number of nitrogens with one attached hydrogen (secondary N) is 1. The number of amides is 1. The Morgan fingerprint density at radius 2 is 1.62 bits per heavy atom. The van der Waals surface area contributed by atoms with Gasteiger partial charge in [0.05, 0.1) is 6.04 Å². The van der Waals surface area contributed by atoms with Crippen molar-refractivity contribution >= 4 is 5.91 Å². The predicted octanol–water partition coefficient (Wildman–Crippen LogP) is 4.29. The zero-order valence-electron chi connectivity index (χ0n) is 13.1. The molecule has 3 nitrogen and oxygen atoms in total. The van der Waals surface area contributed by atoms with Crippen LogP contribution in [0, 0.1) is 5.92 Å². The molecular weight excluding hydrogens is 312 g/mol. The van der Waals surface area contributed by atoms with Gasteiger partial charge in [-0.05, 0) is 36.1 Å². The van der Waals surface area contributed by atoms with Crippen LogP contribution in [-0.4, -0.2) is 12.5 Å². The summed E-state index contributed by atoms with van der Waals surface area (Å²) in [6.07, 6.45) is 2.94. The van der Waals surface area contributed by atoms with Crippen LogP contribution in [0.3, 0.4) is 0 Å². The van der Waals surface area contributed by atoms with Crippen molar-refractivity contribution in [2.75, 3.05) is 0 Å². The Labute approximate surface area is 139 Å². The van der Waals surface area contributed by atoms with Crippen LogP contribution in [0.2, 0.25) is 0 Å². The van der Waals surface area contributed by atoms with Crippen molar-refractivity contribution in [3.05, 3.63) is 65.7 Å². The molecule has 2 aromatic carbocycles. The zero-order chi connectivity index (χ0) is 16.9. The molecule has 0 aromatic heterocycles. The van der Waals surface area contributed by atoms with E-state index in [4.69, 9.17) is 0 Å². The summed E-state index contributed by atoms with van der Waals surface area (Å²) < 4.78 is 28.9. The summed E-state index contributed by atoms with van der Waals surface area (Å²) in [6, 6.07) is 15.7. The third kappa shape index (κ3) is 3.91. The second-order valence-corrected chi connectivity index (χ2v) is 5.93. The molecule has 1 saturated carbocycles. The van der Waals surface area contributed by atoms with Crippen LogP contribution in [0.1, 0.15) is 36.4 Å². The summed E-state index contributed by atoms with van der Waals surface area (Å²) in [5.74, 6) is 0.228. The maximum atomic E-state index is 12.4. The average molecular weight is 331 g/mol. The Hall–Kier alpha value is -2.43. The molecule has 0 radical (unpaired) electrons. The zero-order valence-corrected chi connectivity index (χ0v) is 13.1. The molecule has 1 aliphatic rings. The van der Waals surface area contributed by atoms with E-state index in [1.54, 1.807) is 12.1 Å². The van der Waals surface area contributed by atoms with E-state index in [9.17, 15) is 13.6 Å². The van der Waals surface area contributed by atoms with Gasteiger partial charge in [0, 0.05) is 5.92 Å². The topological polar surface area (TPSA) is 38.3 Å². The first-order valence-electron chi connectivity index (χ1n) is 8.03. The summed E-state index contributed by atoms with van der Waals surface area (Å²) in [5, 5.41) is 3.08. The molecule has 0 aliphatic heterocycles. The molecule has 3 rings (SSSR count). The lowest BCUT2D eigenvalue weighted by Gasteiger charge is -2.28. The summed E-state index contributed by atoms with van der Waals surface area (Å²) in [4.78, 5) is 12.4. The number of halogens is 2. The molecule has 1 atom stereocenters. The molecule has 1 amide bonds. The summed E-state index contributed by atoms with van der Waals surface area (Å²) in [7, 11) is 0. The molecule has 1 N–H and O–H groups in total. The van der Waals surface area contributed by atoms with Crippen molar-refractivity contribution in [1.29, 1.82) is 0 Å². The van der Waals surface area contributed by atoms with Gasteiger partial charge in [0.1, 0.15) is 5.75 Å². The van der Waals surface area contributed by atoms with Gasteiger partial charge in [0.25, 0.3) is 0 Å². The molecule has 2 aromatic rings. The minimum atomic E-state index is -2.85. The highest BCUT2D eigenvalue weighted by Gasteiger charge is 2.27. The van der Waals surface area contributed by atoms with Crippen molar-refractivity contribution < 1.29 is 18.3 Å². The largest absolute Gasteiger partial charge is 0.435 e. The van der Waals surface area contributed by atoms with Crippen molar-refractivity contribution in [2.24, 2.45) is 5.92 Å². The number of alkyl halides is 2. The minimum absolute atomic E-state index is 0.0445. The first kappa shape index (κ1) is 16.4. The van der Waals surface area contributed by atoms with Crippen LogP contribution < -0.4 is 10.1 Å². The number of ether oxygens (including phenoxy) is 1. The number of hydrogen-bond donors (Lipinski definition) is 1. The van der Waals surface area contributed by atoms with Crippen LogP contribution in [0.15, 0.2) is 54.6 Å². The van der Waals surface area contributed by atoms with Gasteiger partial charge in [0.15, 0.2) is 0 Å². The Morgan fingerprint density at radius 1 is 1.00 bits per heavy atom. The van der Waals surface area contributed by atoms with E-state index >= 15 is 0 Å². The molecular formula is C19H19F2NO2. The minimum Gasteiger partial charge on any atom is -0.435 e. The quantitative estimate of drug-likeness (QED) is 0.857. The van der Waals surface area contributed by atoms with Gasteiger partial charge in [-0.1, -0.05) is 48.9 Å². The van der Waals surface area contributed by atoms with Gasteiger partial charge < -0.3 is 10.1 Å². The fourth-order valence-electron chi connectivity index (χ4n) is 2.78. The highest BCUT2D eigenvalue weighted by atomic mass is 19.3. The first-order chi connectivity index (χ1) is 11.6. The van der Waals surface area contributed by atoms with Crippen molar-refractivity contribution in [3.8, 4) is 5.75 Å². The molecule has 1 fully saturated rings. The Bertz CT molecular complexity index is 670. The molecule has 24 heavy (non-hydrogen) atoms. The van der Waals surface area contributed by atoms with Gasteiger partial charge in [-0.2, -0.15) is 8.78 Å². The third-order valence-corrected chi connectivity index (χ3v) is 4.33. The van der Waals surface area contributed by atoms with E-state index in [0.717, 1.165) is 30.4 Å². The Kier molecular flexibility index (Phi) is 5.08. The first-order valence-corrected chi connectivity index (χ1v) is 8.03. The SMILES string of the molecule is O=C(N[C@@H](c1ccccc1)c1ccc(OC(F)F)cc1)C1CCC1. The molecule has 5 heteroatoms. The Morgan fingerprint density at radius 3 is 2.17 bits per heavy atom. The van der Waals surface area contributed by atoms with E-state index in [2.05, 4.69) is 10.1 Å². The van der Waals surface area contributed by atoms with Gasteiger partial charge in [0.2, 0.25) is 5.91 Å². The second-order valence-electron chi connectivity index (χ2n) is 5.93. The van der Waals surface area contributed by atoms with Gasteiger partial charge >= 0.3 is 6.61 Å². The van der Waals surface area contributed by atoms with Crippen LogP contribution in [0.5, 0.6) is 5.75 Å². The number of carbonyl (C=O) groups excluding carboxylic acids is 1. The van der Waals surface area contributed by atoms with Gasteiger partial charge in [-0.25, -0.2) is 0 Å². The standard InChI is InChI=1S/C19H19F2NO2/c20-19(21)24-16-11-9-14(10-12-16)17(13-5-2-1-3-6-13)22-18(23)15-7-4-8-15/h1-3,5-6,9-12,15,17,19H,4,7-8H2,(H,22,23)/t17-/m0/s1. The highest BCUT2D eigenvalue weighted by molar-refractivity contribution is 5.80. The predicted molar refractivity (Wildman–Crippen MR) is 86.8 cm³/mol. The molecule has 126 valence electrons. The van der Waals surface area contributed by atoms with E-state index in [-0.39, 0.29) is 23.6 Å². The van der Waals surface area contributed by atoms with E-state index in [1.807, 2.05) is 30.3 Å². The highest BCUT2D eigenvalue weighted by Crippen LogP contribution is 2.29. The van der Waals surface area contributed by atoms with E-state index in [0.29, 0.717) is 0 Å². The van der Waals surface area contributed by atoms with Crippen LogP contribution >= 0.6 is 0 Å². The molecule has 0 spiro atoms.